The molecule has 4 nitrogen and oxygen atoms in total. The van der Waals surface area contributed by atoms with Crippen molar-refractivity contribution in [1.82, 2.24) is 4.90 Å². The minimum atomic E-state index is -0.979. The Bertz CT molecular complexity index is 464. The Morgan fingerprint density at radius 3 is 2.45 bits per heavy atom. The van der Waals surface area contributed by atoms with E-state index in [2.05, 4.69) is 15.9 Å². The summed E-state index contributed by atoms with van der Waals surface area (Å²) in [6.45, 7) is 3.56. The monoisotopic (exact) mass is 359 g/mol. The normalized spacial score (nSPS) is 11.9. The van der Waals surface area contributed by atoms with Crippen LogP contribution in [0.15, 0.2) is 33.6 Å². The van der Waals surface area contributed by atoms with Gasteiger partial charge >= 0.3 is 5.97 Å². The number of aliphatic carboxylic acids is 1. The highest BCUT2D eigenvalue weighted by atomic mass is 79.9. The van der Waals surface area contributed by atoms with Gasteiger partial charge in [0.1, 0.15) is 6.54 Å². The second-order valence-electron chi connectivity index (χ2n) is 4.42. The first kappa shape index (κ1) is 17.0. The first-order chi connectivity index (χ1) is 9.43. The summed E-state index contributed by atoms with van der Waals surface area (Å²) in [5.74, 6) is -0.874. The molecule has 20 heavy (non-hydrogen) atoms. The molecule has 1 aromatic rings. The van der Waals surface area contributed by atoms with Gasteiger partial charge in [-0.1, -0.05) is 22.9 Å². The number of carbonyl (C=O) groups excluding carboxylic acids is 1. The lowest BCUT2D eigenvalue weighted by molar-refractivity contribution is -0.144. The molecular weight excluding hydrogens is 342 g/mol. The highest BCUT2D eigenvalue weighted by Crippen LogP contribution is 2.21. The van der Waals surface area contributed by atoms with Crippen molar-refractivity contribution in [3.8, 4) is 0 Å². The van der Waals surface area contributed by atoms with Crippen LogP contribution < -0.4 is 0 Å². The molecule has 0 aromatic heterocycles. The lowest BCUT2D eigenvalue weighted by Gasteiger charge is -2.26. The van der Waals surface area contributed by atoms with E-state index in [0.29, 0.717) is 0 Å². The van der Waals surface area contributed by atoms with Crippen molar-refractivity contribution in [3.63, 3.8) is 0 Å². The fourth-order valence-electron chi connectivity index (χ4n) is 1.61. The molecule has 0 radical (unpaired) electrons. The molecule has 0 aliphatic rings. The smallest absolute Gasteiger partial charge is 0.323 e. The van der Waals surface area contributed by atoms with E-state index >= 15 is 0 Å². The van der Waals surface area contributed by atoms with Crippen LogP contribution in [0.1, 0.15) is 20.3 Å². The van der Waals surface area contributed by atoms with Crippen molar-refractivity contribution in [1.29, 1.82) is 0 Å². The molecule has 1 amide bonds. The molecule has 1 N–H and O–H groups in total. The third-order valence-corrected chi connectivity index (χ3v) is 4.45. The largest absolute Gasteiger partial charge is 0.480 e. The van der Waals surface area contributed by atoms with E-state index < -0.39 is 5.97 Å². The van der Waals surface area contributed by atoms with E-state index in [-0.39, 0.29) is 24.2 Å². The fraction of sp³-hybridized carbons (Fsp3) is 0.429. The molecule has 0 bridgehead atoms. The highest BCUT2D eigenvalue weighted by Gasteiger charge is 2.21. The van der Waals surface area contributed by atoms with Crippen LogP contribution in [-0.2, 0) is 9.59 Å². The second-order valence-corrected chi connectivity index (χ2v) is 6.38. The van der Waals surface area contributed by atoms with Gasteiger partial charge in [0, 0.05) is 15.4 Å². The number of hydrogen-bond acceptors (Lipinski definition) is 3. The summed E-state index contributed by atoms with van der Waals surface area (Å²) in [5.41, 5.74) is 0. The van der Waals surface area contributed by atoms with Crippen molar-refractivity contribution in [2.75, 3.05) is 12.3 Å². The van der Waals surface area contributed by atoms with E-state index in [0.717, 1.165) is 15.8 Å². The van der Waals surface area contributed by atoms with E-state index in [1.165, 1.54) is 16.7 Å². The molecule has 0 heterocycles. The van der Waals surface area contributed by atoms with E-state index in [1.54, 1.807) is 0 Å². The number of amides is 1. The summed E-state index contributed by atoms with van der Waals surface area (Å²) in [5, 5.41) is 8.89. The van der Waals surface area contributed by atoms with Gasteiger partial charge in [0.15, 0.2) is 0 Å². The quantitative estimate of drug-likeness (QED) is 0.759. The molecule has 1 rings (SSSR count). The van der Waals surface area contributed by atoms with Crippen LogP contribution in [0.4, 0.5) is 0 Å². The number of rotatable bonds is 7. The number of halogens is 1. The van der Waals surface area contributed by atoms with Crippen LogP contribution >= 0.6 is 27.7 Å². The maximum atomic E-state index is 12.2. The van der Waals surface area contributed by atoms with Crippen LogP contribution in [0.5, 0.6) is 0 Å². The van der Waals surface area contributed by atoms with Crippen molar-refractivity contribution in [2.45, 2.75) is 31.2 Å². The molecule has 0 fully saturated rings. The van der Waals surface area contributed by atoms with E-state index in [9.17, 15) is 9.59 Å². The molecule has 0 spiro atoms. The first-order valence-corrected chi connectivity index (χ1v) is 8.11. The van der Waals surface area contributed by atoms with Crippen LogP contribution in [0.3, 0.4) is 0 Å². The summed E-state index contributed by atoms with van der Waals surface area (Å²) < 4.78 is 0.986. The van der Waals surface area contributed by atoms with Gasteiger partial charge in [0.05, 0.1) is 5.75 Å². The third-order valence-electron chi connectivity index (χ3n) is 2.92. The van der Waals surface area contributed by atoms with Gasteiger partial charge in [-0.2, -0.15) is 0 Å². The highest BCUT2D eigenvalue weighted by molar-refractivity contribution is 9.10. The van der Waals surface area contributed by atoms with Gasteiger partial charge in [-0.15, -0.1) is 11.8 Å². The minimum absolute atomic E-state index is 0.0656. The lowest BCUT2D eigenvalue weighted by atomic mass is 10.2. The van der Waals surface area contributed by atoms with Crippen LogP contribution in [0.25, 0.3) is 0 Å². The molecular formula is C14H18BrNO3S. The summed E-state index contributed by atoms with van der Waals surface area (Å²) in [7, 11) is 0. The van der Waals surface area contributed by atoms with Crippen LogP contribution in [-0.4, -0.2) is 40.2 Å². The Kier molecular flexibility index (Phi) is 7.09. The number of benzene rings is 1. The van der Waals surface area contributed by atoms with Gasteiger partial charge < -0.3 is 10.0 Å². The maximum absolute atomic E-state index is 12.2. The summed E-state index contributed by atoms with van der Waals surface area (Å²) in [4.78, 5) is 25.4. The summed E-state index contributed by atoms with van der Waals surface area (Å²) in [6, 6.07) is 7.61. The number of nitrogens with zero attached hydrogens (tertiary/aromatic N) is 1. The van der Waals surface area contributed by atoms with Gasteiger partial charge in [-0.25, -0.2) is 0 Å². The summed E-state index contributed by atoms with van der Waals surface area (Å²) in [6.07, 6.45) is 0.738. The van der Waals surface area contributed by atoms with Crippen molar-refractivity contribution < 1.29 is 14.7 Å². The van der Waals surface area contributed by atoms with Gasteiger partial charge in [-0.05, 0) is 37.6 Å². The van der Waals surface area contributed by atoms with Gasteiger partial charge in [-0.3, -0.25) is 9.59 Å². The molecule has 0 aliphatic heterocycles. The van der Waals surface area contributed by atoms with Crippen LogP contribution in [0.2, 0.25) is 0 Å². The zero-order valence-corrected chi connectivity index (χ0v) is 13.9. The average molecular weight is 360 g/mol. The standard InChI is InChI=1S/C14H18BrNO3S/c1-3-10(2)16(8-14(18)19)13(17)9-20-12-6-4-11(15)5-7-12/h4-7,10H,3,8-9H2,1-2H3,(H,18,19). The second kappa shape index (κ2) is 8.32. The zero-order valence-electron chi connectivity index (χ0n) is 11.5. The number of carboxylic acids is 1. The maximum Gasteiger partial charge on any atom is 0.323 e. The Morgan fingerprint density at radius 1 is 1.35 bits per heavy atom. The minimum Gasteiger partial charge on any atom is -0.480 e. The first-order valence-electron chi connectivity index (χ1n) is 6.33. The number of hydrogen-bond donors (Lipinski definition) is 1. The average Bonchev–Trinajstić information content (AvgIpc) is 2.42. The molecule has 1 atom stereocenters. The SMILES string of the molecule is CCC(C)N(CC(=O)O)C(=O)CSc1ccc(Br)cc1. The molecule has 1 unspecified atom stereocenters. The zero-order chi connectivity index (χ0) is 15.1. The predicted molar refractivity (Wildman–Crippen MR) is 84.0 cm³/mol. The Hall–Kier alpha value is -1.01. The Balaban J connectivity index is 2.61. The third kappa shape index (κ3) is 5.54. The molecule has 0 aliphatic carbocycles. The van der Waals surface area contributed by atoms with E-state index in [4.69, 9.17) is 5.11 Å². The van der Waals surface area contributed by atoms with Crippen LogP contribution in [0, 0.1) is 0 Å². The lowest BCUT2D eigenvalue weighted by Crippen LogP contribution is -2.42. The predicted octanol–water partition coefficient (Wildman–Crippen LogP) is 3.25. The number of carboxylic acid groups (broad SMARTS) is 1. The summed E-state index contributed by atoms with van der Waals surface area (Å²) >= 11 is 4.77. The van der Waals surface area contributed by atoms with Crippen molar-refractivity contribution >= 4 is 39.6 Å². The fourth-order valence-corrected chi connectivity index (χ4v) is 2.66. The molecule has 6 heteroatoms. The molecule has 0 saturated carbocycles. The van der Waals surface area contributed by atoms with E-state index in [1.807, 2.05) is 38.1 Å². The molecule has 0 saturated heterocycles. The molecule has 110 valence electrons. The topological polar surface area (TPSA) is 57.6 Å². The van der Waals surface area contributed by atoms with Crippen molar-refractivity contribution in [3.05, 3.63) is 28.7 Å². The van der Waals surface area contributed by atoms with Gasteiger partial charge in [0.2, 0.25) is 5.91 Å². The number of thioether (sulfide) groups is 1. The Labute approximate surface area is 131 Å². The Morgan fingerprint density at radius 2 is 1.95 bits per heavy atom. The molecule has 1 aromatic carbocycles. The van der Waals surface area contributed by atoms with Crippen molar-refractivity contribution in [2.24, 2.45) is 0 Å². The number of carbonyl (C=O) groups is 2. The van der Waals surface area contributed by atoms with Gasteiger partial charge in [0.25, 0.3) is 0 Å².